The monoisotopic (exact) mass is 340 g/mol. The molecular weight excluding hydrogens is 312 g/mol. The maximum absolute atomic E-state index is 5.31. The molecule has 2 N–H and O–H groups in total. The number of hydrogen-bond acceptors (Lipinski definition) is 3. The Morgan fingerprint density at radius 3 is 2.60 bits per heavy atom. The molecule has 1 aromatic carbocycles. The predicted octanol–water partition coefficient (Wildman–Crippen LogP) is 3.63. The molecule has 0 atom stereocenters. The molecule has 5 heteroatoms. The van der Waals surface area contributed by atoms with Gasteiger partial charge in [-0.25, -0.2) is 0 Å². The molecule has 25 heavy (non-hydrogen) atoms. The van der Waals surface area contributed by atoms with Gasteiger partial charge in [0.15, 0.2) is 11.7 Å². The summed E-state index contributed by atoms with van der Waals surface area (Å²) in [6.45, 7) is 2.67. The van der Waals surface area contributed by atoms with E-state index in [9.17, 15) is 0 Å². The Labute approximate surface area is 149 Å². The van der Waals surface area contributed by atoms with Gasteiger partial charge in [0, 0.05) is 19.2 Å². The van der Waals surface area contributed by atoms with E-state index in [1.165, 1.54) is 31.2 Å². The van der Waals surface area contributed by atoms with Crippen molar-refractivity contribution >= 4 is 5.96 Å². The second kappa shape index (κ2) is 8.70. The average Bonchev–Trinajstić information content (AvgIpc) is 3.14. The van der Waals surface area contributed by atoms with E-state index in [4.69, 9.17) is 4.52 Å². The van der Waals surface area contributed by atoms with E-state index >= 15 is 0 Å². The maximum atomic E-state index is 5.31. The third-order valence-electron chi connectivity index (χ3n) is 4.96. The molecule has 0 radical (unpaired) electrons. The van der Waals surface area contributed by atoms with Crippen LogP contribution < -0.4 is 10.6 Å². The number of aryl methyl sites for hydroxylation is 1. The first-order valence-electron chi connectivity index (χ1n) is 9.25. The zero-order valence-corrected chi connectivity index (χ0v) is 15.2. The highest BCUT2D eigenvalue weighted by Gasteiger charge is 2.22. The number of nitrogens with zero attached hydrogens (tertiary/aromatic N) is 2. The zero-order valence-electron chi connectivity index (χ0n) is 15.2. The fourth-order valence-corrected chi connectivity index (χ4v) is 3.46. The summed E-state index contributed by atoms with van der Waals surface area (Å²) in [5.41, 5.74) is 2.46. The van der Waals surface area contributed by atoms with Crippen molar-refractivity contribution in [3.63, 3.8) is 0 Å². The number of aromatic nitrogens is 1. The van der Waals surface area contributed by atoms with Crippen LogP contribution in [-0.2, 0) is 13.0 Å². The molecule has 5 nitrogen and oxygen atoms in total. The van der Waals surface area contributed by atoms with Crippen molar-refractivity contribution < 1.29 is 4.52 Å². The molecule has 1 aromatic heterocycles. The van der Waals surface area contributed by atoms with Gasteiger partial charge in [-0.15, -0.1) is 0 Å². The number of nitrogens with one attached hydrogen (secondary N) is 2. The highest BCUT2D eigenvalue weighted by Crippen LogP contribution is 2.32. The van der Waals surface area contributed by atoms with Crippen LogP contribution in [0.5, 0.6) is 0 Å². The first-order chi connectivity index (χ1) is 12.3. The maximum Gasteiger partial charge on any atom is 0.191 e. The van der Waals surface area contributed by atoms with Crippen molar-refractivity contribution in [3.05, 3.63) is 53.4 Å². The van der Waals surface area contributed by atoms with Gasteiger partial charge in [0.1, 0.15) is 0 Å². The van der Waals surface area contributed by atoms with E-state index in [1.54, 1.807) is 0 Å². The van der Waals surface area contributed by atoms with E-state index in [-0.39, 0.29) is 0 Å². The summed E-state index contributed by atoms with van der Waals surface area (Å²) < 4.78 is 5.31. The lowest BCUT2D eigenvalue weighted by atomic mass is 9.82. The number of aliphatic imine (C=N–C) groups is 1. The van der Waals surface area contributed by atoms with E-state index < -0.39 is 0 Å². The van der Waals surface area contributed by atoms with E-state index in [0.717, 1.165) is 23.8 Å². The molecule has 1 heterocycles. The van der Waals surface area contributed by atoms with Gasteiger partial charge < -0.3 is 15.2 Å². The molecule has 1 aliphatic rings. The summed E-state index contributed by atoms with van der Waals surface area (Å²) in [7, 11) is 1.81. The van der Waals surface area contributed by atoms with Crippen molar-refractivity contribution in [3.8, 4) is 0 Å². The molecule has 0 unspecified atom stereocenters. The van der Waals surface area contributed by atoms with Crippen LogP contribution in [0.15, 0.2) is 45.9 Å². The van der Waals surface area contributed by atoms with Crippen LogP contribution in [-0.4, -0.2) is 24.2 Å². The molecule has 1 saturated carbocycles. The van der Waals surface area contributed by atoms with Gasteiger partial charge in [0.2, 0.25) is 0 Å². The fraction of sp³-hybridized carbons (Fsp3) is 0.500. The van der Waals surface area contributed by atoms with Crippen LogP contribution >= 0.6 is 0 Å². The number of benzene rings is 1. The molecule has 0 amide bonds. The average molecular weight is 340 g/mol. The van der Waals surface area contributed by atoms with Crippen LogP contribution in [0.2, 0.25) is 0 Å². The topological polar surface area (TPSA) is 62.5 Å². The van der Waals surface area contributed by atoms with Gasteiger partial charge in [0.05, 0.1) is 12.2 Å². The summed E-state index contributed by atoms with van der Waals surface area (Å²) in [5, 5.41) is 10.9. The van der Waals surface area contributed by atoms with E-state index in [1.807, 2.05) is 13.1 Å². The van der Waals surface area contributed by atoms with Gasteiger partial charge in [-0.1, -0.05) is 42.4 Å². The number of hydrogen-bond donors (Lipinski definition) is 2. The lowest BCUT2D eigenvalue weighted by Gasteiger charge is -2.30. The Morgan fingerprint density at radius 1 is 1.20 bits per heavy atom. The summed E-state index contributed by atoms with van der Waals surface area (Å²) in [6, 6.07) is 13.3. The Balaban J connectivity index is 1.45. The normalized spacial score (nSPS) is 21.1. The third-order valence-corrected chi connectivity index (χ3v) is 4.96. The van der Waals surface area contributed by atoms with Gasteiger partial charge >= 0.3 is 0 Å². The first kappa shape index (κ1) is 17.5. The second-order valence-electron chi connectivity index (χ2n) is 6.67. The first-order valence-corrected chi connectivity index (χ1v) is 9.25. The fourth-order valence-electron chi connectivity index (χ4n) is 3.46. The molecule has 0 aliphatic heterocycles. The minimum absolute atomic E-state index is 0.479. The Hall–Kier alpha value is -2.30. The molecule has 134 valence electrons. The SMILES string of the molecule is CCc1cc(CNC(=NC)NC2CCC(c3ccccc3)CC2)on1. The smallest absolute Gasteiger partial charge is 0.191 e. The molecule has 3 rings (SSSR count). The molecule has 0 spiro atoms. The largest absolute Gasteiger partial charge is 0.359 e. The van der Waals surface area contributed by atoms with Gasteiger partial charge in [-0.3, -0.25) is 4.99 Å². The van der Waals surface area contributed by atoms with Crippen molar-refractivity contribution in [1.82, 2.24) is 15.8 Å². The Bertz CT molecular complexity index is 672. The van der Waals surface area contributed by atoms with Gasteiger partial charge in [-0.2, -0.15) is 0 Å². The van der Waals surface area contributed by atoms with Crippen LogP contribution in [0.4, 0.5) is 0 Å². The standard InChI is InChI=1S/C20H28N4O/c1-3-17-13-19(25-24-17)14-22-20(21-2)23-18-11-9-16(10-12-18)15-7-5-4-6-8-15/h4-8,13,16,18H,3,9-12,14H2,1-2H3,(H2,21,22,23). The quantitative estimate of drug-likeness (QED) is 0.644. The lowest BCUT2D eigenvalue weighted by molar-refractivity contribution is 0.365. The van der Waals surface area contributed by atoms with Crippen molar-refractivity contribution in [2.75, 3.05) is 7.05 Å². The Morgan fingerprint density at radius 2 is 1.96 bits per heavy atom. The second-order valence-corrected chi connectivity index (χ2v) is 6.67. The highest BCUT2D eigenvalue weighted by atomic mass is 16.5. The summed E-state index contributed by atoms with van der Waals surface area (Å²) in [4.78, 5) is 4.33. The van der Waals surface area contributed by atoms with Crippen LogP contribution in [0, 0.1) is 0 Å². The molecule has 0 bridgehead atoms. The van der Waals surface area contributed by atoms with E-state index in [2.05, 4.69) is 58.0 Å². The van der Waals surface area contributed by atoms with Crippen molar-refractivity contribution in [1.29, 1.82) is 0 Å². The zero-order chi connectivity index (χ0) is 17.5. The van der Waals surface area contributed by atoms with Gasteiger partial charge in [-0.05, 0) is 43.6 Å². The number of guanidine groups is 1. The Kier molecular flexibility index (Phi) is 6.09. The minimum Gasteiger partial charge on any atom is -0.359 e. The molecule has 2 aromatic rings. The predicted molar refractivity (Wildman–Crippen MR) is 101 cm³/mol. The molecule has 1 fully saturated rings. The molecule has 1 aliphatic carbocycles. The van der Waals surface area contributed by atoms with Crippen molar-refractivity contribution in [2.45, 2.75) is 57.5 Å². The summed E-state index contributed by atoms with van der Waals surface area (Å²) >= 11 is 0. The highest BCUT2D eigenvalue weighted by molar-refractivity contribution is 5.79. The van der Waals surface area contributed by atoms with Crippen LogP contribution in [0.1, 0.15) is 55.5 Å². The number of rotatable bonds is 5. The van der Waals surface area contributed by atoms with Crippen LogP contribution in [0.3, 0.4) is 0 Å². The lowest BCUT2D eigenvalue weighted by Crippen LogP contribution is -2.44. The summed E-state index contributed by atoms with van der Waals surface area (Å²) in [5.74, 6) is 2.36. The van der Waals surface area contributed by atoms with E-state index in [0.29, 0.717) is 18.5 Å². The molecular formula is C20H28N4O. The van der Waals surface area contributed by atoms with Crippen LogP contribution in [0.25, 0.3) is 0 Å². The summed E-state index contributed by atoms with van der Waals surface area (Å²) in [6.07, 6.45) is 5.67. The van der Waals surface area contributed by atoms with Gasteiger partial charge in [0.25, 0.3) is 0 Å². The van der Waals surface area contributed by atoms with Crippen molar-refractivity contribution in [2.24, 2.45) is 4.99 Å². The third kappa shape index (κ3) is 4.84. The molecule has 0 saturated heterocycles. The minimum atomic E-state index is 0.479.